The van der Waals surface area contributed by atoms with Crippen molar-refractivity contribution in [3.8, 4) is 11.1 Å². The van der Waals surface area contributed by atoms with Gasteiger partial charge in [0.1, 0.15) is 0 Å². The second kappa shape index (κ2) is 6.89. The van der Waals surface area contributed by atoms with Crippen LogP contribution in [0.25, 0.3) is 22.0 Å². The number of pyridine rings is 1. The summed E-state index contributed by atoms with van der Waals surface area (Å²) in [6, 6.07) is 18.5. The number of aromatic nitrogens is 2. The number of benzene rings is 2. The smallest absolute Gasteiger partial charge is 0.337 e. The van der Waals surface area contributed by atoms with Crippen LogP contribution in [-0.2, 0) is 13.5 Å². The summed E-state index contributed by atoms with van der Waals surface area (Å²) in [5.41, 5.74) is 6.58. The summed E-state index contributed by atoms with van der Waals surface area (Å²) in [4.78, 5) is 16.4. The van der Waals surface area contributed by atoms with Crippen molar-refractivity contribution >= 4 is 16.9 Å². The molecule has 4 nitrogen and oxygen atoms in total. The van der Waals surface area contributed by atoms with E-state index in [1.807, 2.05) is 30.5 Å². The molecule has 5 rings (SSSR count). The zero-order valence-corrected chi connectivity index (χ0v) is 16.3. The molecule has 4 heteroatoms. The molecule has 0 radical (unpaired) electrons. The van der Waals surface area contributed by atoms with E-state index >= 15 is 0 Å². The van der Waals surface area contributed by atoms with Crippen molar-refractivity contribution in [2.45, 2.75) is 25.2 Å². The molecule has 144 valence electrons. The van der Waals surface area contributed by atoms with Crippen LogP contribution >= 0.6 is 0 Å². The van der Waals surface area contributed by atoms with Gasteiger partial charge in [0.05, 0.1) is 11.3 Å². The molecule has 1 N–H and O–H groups in total. The monoisotopic (exact) mass is 382 g/mol. The molecule has 2 aromatic carbocycles. The van der Waals surface area contributed by atoms with E-state index < -0.39 is 5.97 Å². The van der Waals surface area contributed by atoms with Gasteiger partial charge in [-0.1, -0.05) is 36.4 Å². The second-order valence-electron chi connectivity index (χ2n) is 7.89. The zero-order chi connectivity index (χ0) is 20.0. The summed E-state index contributed by atoms with van der Waals surface area (Å²) in [6.07, 6.45) is 6.77. The standard InChI is InChI=1S/C25H22N2O2/c1-27-15-22(18-5-3-2-4-6-18)20-11-16(7-10-24(20)27)12-23-21(25(28)29)13-19(14-26-23)17-8-9-17/h2-7,10-11,13-15,17H,8-9,12H2,1H3,(H,28,29). The van der Waals surface area contributed by atoms with Crippen molar-refractivity contribution in [2.24, 2.45) is 7.05 Å². The molecule has 1 fully saturated rings. The molecule has 0 atom stereocenters. The normalized spacial score (nSPS) is 13.7. The van der Waals surface area contributed by atoms with E-state index in [0.717, 1.165) is 29.5 Å². The number of hydrogen-bond acceptors (Lipinski definition) is 2. The average molecular weight is 382 g/mol. The number of carbonyl (C=O) groups is 1. The third-order valence-electron chi connectivity index (χ3n) is 5.78. The molecule has 0 amide bonds. The number of nitrogens with zero attached hydrogens (tertiary/aromatic N) is 2. The van der Waals surface area contributed by atoms with Gasteiger partial charge < -0.3 is 9.67 Å². The molecule has 2 heterocycles. The third kappa shape index (κ3) is 3.31. The Morgan fingerprint density at radius 1 is 1.14 bits per heavy atom. The molecule has 0 saturated heterocycles. The minimum atomic E-state index is -0.902. The molecule has 1 aliphatic rings. The highest BCUT2D eigenvalue weighted by molar-refractivity contribution is 5.96. The van der Waals surface area contributed by atoms with Crippen molar-refractivity contribution in [3.05, 3.63) is 89.4 Å². The number of fused-ring (bicyclic) bond motifs is 1. The lowest BCUT2D eigenvalue weighted by atomic mass is 9.99. The van der Waals surface area contributed by atoms with E-state index in [1.165, 1.54) is 16.5 Å². The SMILES string of the molecule is Cn1cc(-c2ccccc2)c2cc(Cc3ncc(C4CC4)cc3C(=O)O)ccc21. The molecule has 1 aliphatic carbocycles. The summed E-state index contributed by atoms with van der Waals surface area (Å²) in [5, 5.41) is 10.9. The van der Waals surface area contributed by atoms with E-state index in [0.29, 0.717) is 23.6 Å². The third-order valence-corrected chi connectivity index (χ3v) is 5.78. The summed E-state index contributed by atoms with van der Waals surface area (Å²) in [5.74, 6) is -0.412. The fourth-order valence-corrected chi connectivity index (χ4v) is 4.07. The minimum Gasteiger partial charge on any atom is -0.478 e. The fraction of sp³-hybridized carbons (Fsp3) is 0.200. The van der Waals surface area contributed by atoms with Gasteiger partial charge in [-0.3, -0.25) is 4.98 Å². The number of carboxylic acids is 1. The summed E-state index contributed by atoms with van der Waals surface area (Å²) < 4.78 is 2.13. The molecule has 29 heavy (non-hydrogen) atoms. The molecular weight excluding hydrogens is 360 g/mol. The topological polar surface area (TPSA) is 55.1 Å². The molecule has 4 aromatic rings. The quantitative estimate of drug-likeness (QED) is 0.502. The van der Waals surface area contributed by atoms with Gasteiger partial charge >= 0.3 is 5.97 Å². The van der Waals surface area contributed by atoms with Crippen LogP contribution in [0.15, 0.2) is 67.0 Å². The number of rotatable bonds is 5. The van der Waals surface area contributed by atoms with Crippen molar-refractivity contribution in [3.63, 3.8) is 0 Å². The Hall–Kier alpha value is -3.40. The Balaban J connectivity index is 1.55. The molecular formula is C25H22N2O2. The highest BCUT2D eigenvalue weighted by Crippen LogP contribution is 2.40. The van der Waals surface area contributed by atoms with Crippen molar-refractivity contribution in [1.82, 2.24) is 9.55 Å². The lowest BCUT2D eigenvalue weighted by Crippen LogP contribution is -2.07. The van der Waals surface area contributed by atoms with Crippen LogP contribution in [-0.4, -0.2) is 20.6 Å². The maximum absolute atomic E-state index is 11.8. The molecule has 0 spiro atoms. The van der Waals surface area contributed by atoms with Gasteiger partial charge in [0.2, 0.25) is 0 Å². The second-order valence-corrected chi connectivity index (χ2v) is 7.89. The highest BCUT2D eigenvalue weighted by atomic mass is 16.4. The van der Waals surface area contributed by atoms with Crippen LogP contribution in [0.1, 0.15) is 45.9 Å². The van der Waals surface area contributed by atoms with Crippen LogP contribution < -0.4 is 0 Å². The summed E-state index contributed by atoms with van der Waals surface area (Å²) in [7, 11) is 2.05. The predicted molar refractivity (Wildman–Crippen MR) is 114 cm³/mol. The highest BCUT2D eigenvalue weighted by Gasteiger charge is 2.26. The first-order valence-corrected chi connectivity index (χ1v) is 9.95. The summed E-state index contributed by atoms with van der Waals surface area (Å²) in [6.45, 7) is 0. The Labute approximate surface area is 169 Å². The number of aryl methyl sites for hydroxylation is 1. The maximum atomic E-state index is 11.8. The first-order chi connectivity index (χ1) is 14.1. The van der Waals surface area contributed by atoms with E-state index in [1.54, 1.807) is 0 Å². The van der Waals surface area contributed by atoms with E-state index in [2.05, 4.69) is 53.1 Å². The van der Waals surface area contributed by atoms with Crippen molar-refractivity contribution in [1.29, 1.82) is 0 Å². The minimum absolute atomic E-state index is 0.325. The molecule has 0 unspecified atom stereocenters. The van der Waals surface area contributed by atoms with Crippen molar-refractivity contribution < 1.29 is 9.90 Å². The van der Waals surface area contributed by atoms with Gasteiger partial charge in [0.25, 0.3) is 0 Å². The van der Waals surface area contributed by atoms with E-state index in [9.17, 15) is 9.90 Å². The number of hydrogen-bond donors (Lipinski definition) is 1. The van der Waals surface area contributed by atoms with E-state index in [4.69, 9.17) is 0 Å². The molecule has 2 aromatic heterocycles. The Kier molecular flexibility index (Phi) is 4.20. The van der Waals surface area contributed by atoms with Crippen LogP contribution in [0.4, 0.5) is 0 Å². The van der Waals surface area contributed by atoms with Crippen LogP contribution in [0.3, 0.4) is 0 Å². The van der Waals surface area contributed by atoms with Gasteiger partial charge in [0, 0.05) is 42.3 Å². The Morgan fingerprint density at radius 3 is 2.66 bits per heavy atom. The van der Waals surface area contributed by atoms with Gasteiger partial charge in [-0.15, -0.1) is 0 Å². The fourth-order valence-electron chi connectivity index (χ4n) is 4.07. The summed E-state index contributed by atoms with van der Waals surface area (Å²) >= 11 is 0. The molecule has 0 bridgehead atoms. The van der Waals surface area contributed by atoms with Crippen LogP contribution in [0.5, 0.6) is 0 Å². The van der Waals surface area contributed by atoms with Gasteiger partial charge in [-0.05, 0) is 53.6 Å². The molecule has 1 saturated carbocycles. The van der Waals surface area contributed by atoms with Gasteiger partial charge in [0.15, 0.2) is 0 Å². The largest absolute Gasteiger partial charge is 0.478 e. The van der Waals surface area contributed by atoms with Crippen LogP contribution in [0, 0.1) is 0 Å². The Morgan fingerprint density at radius 2 is 1.93 bits per heavy atom. The maximum Gasteiger partial charge on any atom is 0.337 e. The lowest BCUT2D eigenvalue weighted by molar-refractivity contribution is 0.0695. The first kappa shape index (κ1) is 17.7. The zero-order valence-electron chi connectivity index (χ0n) is 16.3. The lowest BCUT2D eigenvalue weighted by Gasteiger charge is -2.09. The first-order valence-electron chi connectivity index (χ1n) is 9.95. The predicted octanol–water partition coefficient (Wildman–Crippen LogP) is 5.41. The van der Waals surface area contributed by atoms with Crippen LogP contribution in [0.2, 0.25) is 0 Å². The average Bonchev–Trinajstić information content (AvgIpc) is 3.53. The van der Waals surface area contributed by atoms with Gasteiger partial charge in [-0.2, -0.15) is 0 Å². The van der Waals surface area contributed by atoms with Crippen molar-refractivity contribution in [2.75, 3.05) is 0 Å². The van der Waals surface area contributed by atoms with Gasteiger partial charge in [-0.25, -0.2) is 4.79 Å². The van der Waals surface area contributed by atoms with E-state index in [-0.39, 0.29) is 0 Å². The Bertz CT molecular complexity index is 1220. The number of aromatic carboxylic acids is 1. The number of carboxylic acid groups (broad SMARTS) is 1. The molecule has 0 aliphatic heterocycles.